The minimum atomic E-state index is -0.987. The second-order valence-corrected chi connectivity index (χ2v) is 2.32. The number of aliphatic carboxylic acids is 1. The lowest BCUT2D eigenvalue weighted by atomic mass is 10.2. The van der Waals surface area contributed by atoms with E-state index in [2.05, 4.69) is 0 Å². The Bertz CT molecular complexity index is 164. The van der Waals surface area contributed by atoms with Gasteiger partial charge in [-0.2, -0.15) is 0 Å². The van der Waals surface area contributed by atoms with Crippen LogP contribution >= 0.6 is 0 Å². The Hall–Kier alpha value is -1.10. The zero-order valence-electron chi connectivity index (χ0n) is 5.82. The molecule has 0 atom stereocenters. The van der Waals surface area contributed by atoms with E-state index in [-0.39, 0.29) is 12.7 Å². The van der Waals surface area contributed by atoms with Crippen molar-refractivity contribution in [2.24, 2.45) is 0 Å². The molecule has 1 aliphatic heterocycles. The molecule has 0 spiro atoms. The predicted octanol–water partition coefficient (Wildman–Crippen LogP) is -1.16. The summed E-state index contributed by atoms with van der Waals surface area (Å²) in [6.07, 6.45) is 1.56. The van der Waals surface area contributed by atoms with Crippen LogP contribution in [0.2, 0.25) is 0 Å². The van der Waals surface area contributed by atoms with Crippen LogP contribution in [0.3, 0.4) is 0 Å². The van der Waals surface area contributed by atoms with Gasteiger partial charge in [-0.3, -0.25) is 4.79 Å². The van der Waals surface area contributed by atoms with Gasteiger partial charge in [0.1, 0.15) is 6.61 Å². The molecule has 1 aliphatic rings. The fourth-order valence-electron chi connectivity index (χ4n) is 0.807. The third-order valence-electron chi connectivity index (χ3n) is 1.42. The molecule has 61 valence electrons. The minimum Gasteiger partial charge on any atom is -0.480 e. The molecular formula is C6H8NO4. The molecule has 0 aromatic carbocycles. The highest BCUT2D eigenvalue weighted by Gasteiger charge is 2.26. The normalized spacial score (nSPS) is 17.6. The number of carbonyl (C=O) groups is 1. The molecule has 0 bridgehead atoms. The fraction of sp³-hybridized carbons (Fsp3) is 0.667. The summed E-state index contributed by atoms with van der Waals surface area (Å²) < 4.78 is 4.85. The Labute approximate surface area is 63.5 Å². The third kappa shape index (κ3) is 2.19. The first-order valence-electron chi connectivity index (χ1n) is 3.18. The van der Waals surface area contributed by atoms with Gasteiger partial charge in [0.05, 0.1) is 6.10 Å². The predicted molar refractivity (Wildman–Crippen MR) is 34.6 cm³/mol. The standard InChI is InChI=1S/C6H8NO4/c8-4-7-1-5(2-7)11-3-6(9)10/h5H,1-3H2,(H,9,10). The van der Waals surface area contributed by atoms with Crippen LogP contribution in [0.1, 0.15) is 0 Å². The van der Waals surface area contributed by atoms with Gasteiger partial charge in [-0.25, -0.2) is 4.79 Å². The second kappa shape index (κ2) is 3.34. The third-order valence-corrected chi connectivity index (χ3v) is 1.42. The molecule has 1 rings (SSSR count). The van der Waals surface area contributed by atoms with Crippen molar-refractivity contribution in [2.45, 2.75) is 6.10 Å². The van der Waals surface area contributed by atoms with Crippen LogP contribution < -0.4 is 0 Å². The first-order valence-corrected chi connectivity index (χ1v) is 3.18. The molecule has 11 heavy (non-hydrogen) atoms. The van der Waals surface area contributed by atoms with E-state index in [1.165, 1.54) is 4.90 Å². The average molecular weight is 158 g/mol. The lowest BCUT2D eigenvalue weighted by Gasteiger charge is -2.34. The van der Waals surface area contributed by atoms with Crippen molar-refractivity contribution in [3.05, 3.63) is 0 Å². The van der Waals surface area contributed by atoms with Crippen molar-refractivity contribution in [3.8, 4) is 0 Å². The first kappa shape index (κ1) is 8.00. The molecule has 1 radical (unpaired) electrons. The average Bonchev–Trinajstić information content (AvgIpc) is 1.84. The van der Waals surface area contributed by atoms with Gasteiger partial charge in [0.25, 0.3) is 0 Å². The van der Waals surface area contributed by atoms with Gasteiger partial charge in [-0.05, 0) is 0 Å². The van der Waals surface area contributed by atoms with Crippen molar-refractivity contribution in [1.29, 1.82) is 0 Å². The molecule has 1 saturated heterocycles. The number of amides is 1. The first-order chi connectivity index (χ1) is 5.22. The van der Waals surface area contributed by atoms with E-state index in [9.17, 15) is 9.59 Å². The van der Waals surface area contributed by atoms with Crippen LogP contribution in [-0.2, 0) is 14.3 Å². The Morgan fingerprint density at radius 1 is 1.73 bits per heavy atom. The maximum atomic E-state index is 9.98. The van der Waals surface area contributed by atoms with Crippen LogP contribution in [0.4, 0.5) is 0 Å². The van der Waals surface area contributed by atoms with Gasteiger partial charge >= 0.3 is 12.4 Å². The van der Waals surface area contributed by atoms with Gasteiger partial charge in [-0.1, -0.05) is 0 Å². The van der Waals surface area contributed by atoms with Crippen LogP contribution in [-0.4, -0.2) is 48.2 Å². The molecule has 1 N–H and O–H groups in total. The van der Waals surface area contributed by atoms with E-state index in [0.29, 0.717) is 13.1 Å². The summed E-state index contributed by atoms with van der Waals surface area (Å²) in [4.78, 5) is 21.3. The number of carboxylic acids is 1. The van der Waals surface area contributed by atoms with Crippen molar-refractivity contribution in [3.63, 3.8) is 0 Å². The van der Waals surface area contributed by atoms with E-state index >= 15 is 0 Å². The summed E-state index contributed by atoms with van der Waals surface area (Å²) in [5, 5.41) is 8.19. The summed E-state index contributed by atoms with van der Waals surface area (Å²) in [5.74, 6) is -0.987. The van der Waals surface area contributed by atoms with Gasteiger partial charge in [0.2, 0.25) is 0 Å². The van der Waals surface area contributed by atoms with Gasteiger partial charge in [0.15, 0.2) is 0 Å². The molecule has 1 amide bonds. The number of ether oxygens (including phenoxy) is 1. The van der Waals surface area contributed by atoms with Crippen molar-refractivity contribution in [2.75, 3.05) is 19.7 Å². The van der Waals surface area contributed by atoms with Gasteiger partial charge in [-0.15, -0.1) is 0 Å². The largest absolute Gasteiger partial charge is 0.480 e. The highest BCUT2D eigenvalue weighted by atomic mass is 16.5. The Kier molecular flexibility index (Phi) is 2.43. The number of nitrogens with zero attached hydrogens (tertiary/aromatic N) is 1. The maximum Gasteiger partial charge on any atom is 0.329 e. The van der Waals surface area contributed by atoms with E-state index in [1.54, 1.807) is 6.41 Å². The molecule has 1 fully saturated rings. The molecule has 0 aromatic rings. The maximum absolute atomic E-state index is 9.98. The fourth-order valence-corrected chi connectivity index (χ4v) is 0.807. The molecular weight excluding hydrogens is 150 g/mol. The molecule has 0 aliphatic carbocycles. The number of carboxylic acid groups (broad SMARTS) is 1. The highest BCUT2D eigenvalue weighted by molar-refractivity contribution is 5.68. The molecule has 0 saturated carbocycles. The Balaban J connectivity index is 2.04. The minimum absolute atomic E-state index is 0.118. The SMILES string of the molecule is O=[C]N1CC(OCC(=O)O)C1. The summed E-state index contributed by atoms with van der Waals surface area (Å²) in [7, 11) is 0. The van der Waals surface area contributed by atoms with Crippen molar-refractivity contribution < 1.29 is 19.4 Å². The number of rotatable bonds is 4. The number of hydrogen-bond donors (Lipinski definition) is 1. The van der Waals surface area contributed by atoms with Crippen LogP contribution in [0.25, 0.3) is 0 Å². The second-order valence-electron chi connectivity index (χ2n) is 2.32. The Morgan fingerprint density at radius 3 is 2.82 bits per heavy atom. The number of carbonyl (C=O) groups excluding carboxylic acids is 1. The van der Waals surface area contributed by atoms with Crippen LogP contribution in [0.15, 0.2) is 0 Å². The molecule has 5 heteroatoms. The van der Waals surface area contributed by atoms with Crippen LogP contribution in [0.5, 0.6) is 0 Å². The van der Waals surface area contributed by atoms with E-state index in [0.717, 1.165) is 0 Å². The highest BCUT2D eigenvalue weighted by Crippen LogP contribution is 2.07. The molecule has 0 aromatic heterocycles. The monoisotopic (exact) mass is 158 g/mol. The summed E-state index contributed by atoms with van der Waals surface area (Å²) in [6.45, 7) is 0.616. The zero-order chi connectivity index (χ0) is 8.27. The molecule has 0 unspecified atom stereocenters. The summed E-state index contributed by atoms with van der Waals surface area (Å²) in [5.41, 5.74) is 0. The van der Waals surface area contributed by atoms with Gasteiger partial charge < -0.3 is 14.7 Å². The van der Waals surface area contributed by atoms with Gasteiger partial charge in [0, 0.05) is 13.1 Å². The van der Waals surface area contributed by atoms with E-state index < -0.39 is 5.97 Å². The molecule has 5 nitrogen and oxygen atoms in total. The zero-order valence-corrected chi connectivity index (χ0v) is 5.82. The van der Waals surface area contributed by atoms with Crippen molar-refractivity contribution >= 4 is 12.4 Å². The topological polar surface area (TPSA) is 66.8 Å². The van der Waals surface area contributed by atoms with Crippen LogP contribution in [0, 0.1) is 0 Å². The smallest absolute Gasteiger partial charge is 0.329 e. The van der Waals surface area contributed by atoms with E-state index in [4.69, 9.17) is 9.84 Å². The summed E-state index contributed by atoms with van der Waals surface area (Å²) >= 11 is 0. The Morgan fingerprint density at radius 2 is 2.36 bits per heavy atom. The van der Waals surface area contributed by atoms with E-state index in [1.807, 2.05) is 0 Å². The lowest BCUT2D eigenvalue weighted by Crippen LogP contribution is -2.51. The molecule has 1 heterocycles. The number of hydrogen-bond acceptors (Lipinski definition) is 3. The quantitative estimate of drug-likeness (QED) is 0.560. The van der Waals surface area contributed by atoms with Crippen molar-refractivity contribution in [1.82, 2.24) is 4.90 Å². The number of likely N-dealkylation sites (tertiary alicyclic amines) is 1. The summed E-state index contributed by atoms with van der Waals surface area (Å²) in [6, 6.07) is 0. The lowest BCUT2D eigenvalue weighted by molar-refractivity contribution is -0.147.